The molecule has 2 rings (SSSR count). The Morgan fingerprint density at radius 3 is 2.65 bits per heavy atom. The number of carboxylic acids is 1. The highest BCUT2D eigenvalue weighted by atomic mass is 32.2. The number of unbranched alkanes of at least 4 members (excludes halogenated alkanes) is 4. The Labute approximate surface area is 194 Å². The van der Waals surface area contributed by atoms with Crippen LogP contribution in [0.25, 0.3) is 6.08 Å². The van der Waals surface area contributed by atoms with Gasteiger partial charge >= 0.3 is 5.97 Å². The number of hydrogen-bond acceptors (Lipinski definition) is 6. The van der Waals surface area contributed by atoms with Crippen LogP contribution in [0.3, 0.4) is 0 Å². The van der Waals surface area contributed by atoms with Crippen molar-refractivity contribution >= 4 is 46.3 Å². The normalized spacial score (nSPS) is 16.1. The second kappa shape index (κ2) is 12.7. The molecule has 8 heteroatoms. The van der Waals surface area contributed by atoms with Gasteiger partial charge in [-0.05, 0) is 50.5 Å². The molecule has 1 unspecified atom stereocenters. The van der Waals surface area contributed by atoms with Gasteiger partial charge in [0, 0.05) is 0 Å². The highest BCUT2D eigenvalue weighted by Crippen LogP contribution is 2.35. The summed E-state index contributed by atoms with van der Waals surface area (Å²) in [5.74, 6) is -0.196. The average molecular weight is 466 g/mol. The van der Waals surface area contributed by atoms with Gasteiger partial charge in [-0.2, -0.15) is 0 Å². The molecule has 1 heterocycles. The molecule has 170 valence electrons. The number of thioether (sulfide) groups is 1. The molecule has 1 N–H and O–H groups in total. The molecule has 1 fully saturated rings. The fourth-order valence-electron chi connectivity index (χ4n) is 3.21. The van der Waals surface area contributed by atoms with Crippen molar-refractivity contribution in [1.29, 1.82) is 0 Å². The van der Waals surface area contributed by atoms with Crippen molar-refractivity contribution in [3.05, 3.63) is 28.7 Å². The summed E-state index contributed by atoms with van der Waals surface area (Å²) >= 11 is 6.24. The van der Waals surface area contributed by atoms with Crippen molar-refractivity contribution in [2.24, 2.45) is 0 Å². The van der Waals surface area contributed by atoms with Crippen molar-refractivity contribution in [2.45, 2.75) is 65.4 Å². The number of aliphatic carboxylic acids is 1. The predicted octanol–water partition coefficient (Wildman–Crippen LogP) is 5.50. The number of hydrogen-bond donors (Lipinski definition) is 1. The van der Waals surface area contributed by atoms with Crippen LogP contribution in [0, 0.1) is 0 Å². The average Bonchev–Trinajstić information content (AvgIpc) is 2.97. The summed E-state index contributed by atoms with van der Waals surface area (Å²) in [6.07, 6.45) is 8.91. The number of benzene rings is 1. The van der Waals surface area contributed by atoms with Gasteiger partial charge in [-0.1, -0.05) is 62.7 Å². The van der Waals surface area contributed by atoms with Gasteiger partial charge in [-0.25, -0.2) is 0 Å². The van der Waals surface area contributed by atoms with Crippen molar-refractivity contribution in [1.82, 2.24) is 4.90 Å². The second-order valence-corrected chi connectivity index (χ2v) is 9.11. The zero-order valence-electron chi connectivity index (χ0n) is 18.4. The van der Waals surface area contributed by atoms with E-state index < -0.39 is 18.4 Å². The fraction of sp³-hybridized carbons (Fsp3) is 0.522. The monoisotopic (exact) mass is 465 g/mol. The van der Waals surface area contributed by atoms with Crippen molar-refractivity contribution in [3.63, 3.8) is 0 Å². The topological polar surface area (TPSA) is 76.1 Å². The minimum Gasteiger partial charge on any atom is -0.490 e. The van der Waals surface area contributed by atoms with E-state index in [2.05, 4.69) is 13.8 Å². The predicted molar refractivity (Wildman–Crippen MR) is 129 cm³/mol. The van der Waals surface area contributed by atoms with Gasteiger partial charge in [0.15, 0.2) is 11.5 Å². The number of carboxylic acid groups (broad SMARTS) is 1. The molecule has 1 amide bonds. The van der Waals surface area contributed by atoms with E-state index >= 15 is 0 Å². The van der Waals surface area contributed by atoms with Gasteiger partial charge in [-0.3, -0.25) is 14.5 Å². The number of rotatable bonds is 13. The third kappa shape index (κ3) is 7.85. The van der Waals surface area contributed by atoms with Gasteiger partial charge in [0.25, 0.3) is 5.91 Å². The Bertz CT molecular complexity index is 824. The van der Waals surface area contributed by atoms with Crippen molar-refractivity contribution in [2.75, 3.05) is 13.2 Å². The summed E-state index contributed by atoms with van der Waals surface area (Å²) in [4.78, 5) is 24.9. The Balaban J connectivity index is 2.08. The second-order valence-electron chi connectivity index (χ2n) is 7.43. The lowest BCUT2D eigenvalue weighted by Gasteiger charge is -2.18. The summed E-state index contributed by atoms with van der Waals surface area (Å²) < 4.78 is 12.1. The Morgan fingerprint density at radius 2 is 1.97 bits per heavy atom. The number of carbonyl (C=O) groups excluding carboxylic acids is 1. The first-order valence-corrected chi connectivity index (χ1v) is 12.0. The molecule has 0 aromatic heterocycles. The third-order valence-corrected chi connectivity index (χ3v) is 6.15. The zero-order chi connectivity index (χ0) is 22.8. The molecule has 0 bridgehead atoms. The molecular weight excluding hydrogens is 434 g/mol. The highest BCUT2D eigenvalue weighted by molar-refractivity contribution is 8.26. The van der Waals surface area contributed by atoms with E-state index in [1.54, 1.807) is 6.08 Å². The molecule has 6 nitrogen and oxygen atoms in total. The zero-order valence-corrected chi connectivity index (χ0v) is 20.0. The van der Waals surface area contributed by atoms with Gasteiger partial charge in [0.05, 0.1) is 17.6 Å². The molecule has 1 aromatic rings. The van der Waals surface area contributed by atoms with Gasteiger partial charge in [0.1, 0.15) is 10.9 Å². The van der Waals surface area contributed by atoms with E-state index in [9.17, 15) is 9.59 Å². The maximum atomic E-state index is 12.5. The Morgan fingerprint density at radius 1 is 1.23 bits per heavy atom. The summed E-state index contributed by atoms with van der Waals surface area (Å²) in [5.41, 5.74) is 0.763. The number of nitrogens with zero attached hydrogens (tertiary/aromatic N) is 1. The summed E-state index contributed by atoms with van der Waals surface area (Å²) in [5, 5.41) is 8.96. The molecule has 31 heavy (non-hydrogen) atoms. The molecule has 1 aromatic carbocycles. The maximum Gasteiger partial charge on any atom is 0.323 e. The number of ether oxygens (including phenoxy) is 2. The molecule has 1 aliphatic rings. The molecule has 0 aliphatic carbocycles. The van der Waals surface area contributed by atoms with Crippen LogP contribution < -0.4 is 9.47 Å². The molecule has 1 aliphatic heterocycles. The minimum absolute atomic E-state index is 0.0824. The van der Waals surface area contributed by atoms with E-state index in [0.29, 0.717) is 23.0 Å². The molecule has 1 atom stereocenters. The van der Waals surface area contributed by atoms with Crippen LogP contribution in [-0.4, -0.2) is 45.5 Å². The van der Waals surface area contributed by atoms with Crippen LogP contribution in [0.1, 0.15) is 64.9 Å². The largest absolute Gasteiger partial charge is 0.490 e. The lowest BCUT2D eigenvalue weighted by molar-refractivity contribution is -0.140. The number of carbonyl (C=O) groups is 2. The van der Waals surface area contributed by atoms with Crippen LogP contribution in [0.4, 0.5) is 0 Å². The Hall–Kier alpha value is -2.06. The number of amides is 1. The van der Waals surface area contributed by atoms with E-state index in [-0.39, 0.29) is 10.4 Å². The smallest absolute Gasteiger partial charge is 0.323 e. The standard InChI is InChI=1S/C23H31NO5S2/c1-4-6-7-8-9-10-16(3)29-18-12-11-17(13-19(18)28-5-2)14-20-22(27)24(15-21(25)26)23(30)31-20/h11-14,16H,4-10,15H2,1-3H3,(H,25,26)/b20-14+. The van der Waals surface area contributed by atoms with Gasteiger partial charge < -0.3 is 14.6 Å². The lowest BCUT2D eigenvalue weighted by atomic mass is 10.1. The van der Waals surface area contributed by atoms with Crippen LogP contribution in [0.5, 0.6) is 11.5 Å². The first kappa shape index (κ1) is 25.2. The Kier molecular flexibility index (Phi) is 10.3. The molecule has 1 saturated heterocycles. The molecule has 0 saturated carbocycles. The quantitative estimate of drug-likeness (QED) is 0.234. The van der Waals surface area contributed by atoms with Crippen molar-refractivity contribution < 1.29 is 24.2 Å². The lowest BCUT2D eigenvalue weighted by Crippen LogP contribution is -2.33. The van der Waals surface area contributed by atoms with Crippen LogP contribution in [0.15, 0.2) is 23.1 Å². The SMILES string of the molecule is CCCCCCCC(C)Oc1ccc(/C=C2/SC(=S)N(CC(=O)O)C2=O)cc1OCC. The first-order chi connectivity index (χ1) is 14.8. The van der Waals surface area contributed by atoms with E-state index in [1.807, 2.05) is 25.1 Å². The fourth-order valence-corrected chi connectivity index (χ4v) is 4.47. The van der Waals surface area contributed by atoms with Crippen LogP contribution in [0.2, 0.25) is 0 Å². The number of thiocarbonyl (C=S) groups is 1. The summed E-state index contributed by atoms with van der Waals surface area (Å²) in [6.45, 7) is 6.24. The van der Waals surface area contributed by atoms with E-state index in [4.69, 9.17) is 26.8 Å². The third-order valence-electron chi connectivity index (χ3n) is 4.77. The maximum absolute atomic E-state index is 12.5. The molecule has 0 spiro atoms. The van der Waals surface area contributed by atoms with Gasteiger partial charge in [0.2, 0.25) is 0 Å². The van der Waals surface area contributed by atoms with Gasteiger partial charge in [-0.15, -0.1) is 0 Å². The molecule has 0 radical (unpaired) electrons. The summed E-state index contributed by atoms with van der Waals surface area (Å²) in [6, 6.07) is 5.54. The summed E-state index contributed by atoms with van der Waals surface area (Å²) in [7, 11) is 0. The highest BCUT2D eigenvalue weighted by Gasteiger charge is 2.33. The van der Waals surface area contributed by atoms with E-state index in [1.165, 1.54) is 25.7 Å². The van der Waals surface area contributed by atoms with E-state index in [0.717, 1.165) is 35.1 Å². The van der Waals surface area contributed by atoms with Crippen molar-refractivity contribution in [3.8, 4) is 11.5 Å². The van der Waals surface area contributed by atoms with Crippen LogP contribution in [-0.2, 0) is 9.59 Å². The first-order valence-electron chi connectivity index (χ1n) is 10.8. The van der Waals surface area contributed by atoms with Crippen LogP contribution >= 0.6 is 24.0 Å². The minimum atomic E-state index is -1.10. The molecular formula is C23H31NO5S2.